The number of ether oxygens (including phenoxy) is 2. The van der Waals surface area contributed by atoms with Crippen LogP contribution in [0.15, 0.2) is 42.6 Å². The number of aromatic nitrogens is 2. The van der Waals surface area contributed by atoms with Crippen molar-refractivity contribution in [2.75, 3.05) is 13.1 Å². The number of hydrogen-bond acceptors (Lipinski definition) is 4. The molecular formula is C25H30FN3O3. The number of nitrogens with zero attached hydrogens (tertiary/aromatic N) is 3. The van der Waals surface area contributed by atoms with Crippen LogP contribution in [0, 0.1) is 5.82 Å². The highest BCUT2D eigenvalue weighted by molar-refractivity contribution is 5.79. The Labute approximate surface area is 187 Å². The van der Waals surface area contributed by atoms with Crippen molar-refractivity contribution < 1.29 is 18.7 Å². The molecule has 1 aliphatic rings. The van der Waals surface area contributed by atoms with Gasteiger partial charge < -0.3 is 14.4 Å². The molecule has 0 aliphatic carbocycles. The first-order chi connectivity index (χ1) is 15.2. The third-order valence-corrected chi connectivity index (χ3v) is 5.78. The first-order valence-corrected chi connectivity index (χ1v) is 11.0. The number of carbonyl (C=O) groups excluding carboxylic acids is 1. The lowest BCUT2D eigenvalue weighted by Crippen LogP contribution is -2.41. The third kappa shape index (κ3) is 5.03. The summed E-state index contributed by atoms with van der Waals surface area (Å²) in [5.41, 5.74) is 2.50. The molecule has 1 fully saturated rings. The van der Waals surface area contributed by atoms with Gasteiger partial charge in [-0.25, -0.2) is 9.18 Å². The molecule has 1 aromatic heterocycles. The Kier molecular flexibility index (Phi) is 6.09. The van der Waals surface area contributed by atoms with Crippen LogP contribution in [-0.4, -0.2) is 39.5 Å². The molecule has 1 aliphatic heterocycles. The first kappa shape index (κ1) is 22.1. The standard InChI is InChI=1S/C25H30FN3O3/c1-25(2,3)32-24(30)29-11-9-18(10-12-29)19-7-8-21(26)23(14-19)31-16-17-5-6-20-15-27-28(4)22(20)13-17/h5-8,13-15,18H,9-12,16H2,1-4H3. The van der Waals surface area contributed by atoms with Crippen LogP contribution in [0.25, 0.3) is 10.9 Å². The number of rotatable bonds is 4. The number of halogens is 1. The van der Waals surface area contributed by atoms with Gasteiger partial charge in [-0.15, -0.1) is 0 Å². The fourth-order valence-electron chi connectivity index (χ4n) is 4.05. The highest BCUT2D eigenvalue weighted by Gasteiger charge is 2.27. The molecule has 0 atom stereocenters. The van der Waals surface area contributed by atoms with Crippen molar-refractivity contribution >= 4 is 17.0 Å². The van der Waals surface area contributed by atoms with E-state index in [1.165, 1.54) is 6.07 Å². The molecule has 4 rings (SSSR count). The van der Waals surface area contributed by atoms with E-state index in [4.69, 9.17) is 9.47 Å². The quantitative estimate of drug-likeness (QED) is 0.546. The summed E-state index contributed by atoms with van der Waals surface area (Å²) in [6.07, 6.45) is 3.16. The van der Waals surface area contributed by atoms with Gasteiger partial charge in [-0.05, 0) is 68.9 Å². The van der Waals surface area contributed by atoms with Crippen LogP contribution in [-0.2, 0) is 18.4 Å². The van der Waals surface area contributed by atoms with Crippen LogP contribution in [0.3, 0.4) is 0 Å². The highest BCUT2D eigenvalue weighted by atomic mass is 19.1. The first-order valence-electron chi connectivity index (χ1n) is 11.0. The van der Waals surface area contributed by atoms with Gasteiger partial charge in [0.1, 0.15) is 12.2 Å². The van der Waals surface area contributed by atoms with Gasteiger partial charge in [-0.2, -0.15) is 5.10 Å². The lowest BCUT2D eigenvalue weighted by molar-refractivity contribution is 0.0204. The summed E-state index contributed by atoms with van der Waals surface area (Å²) in [6.45, 7) is 7.12. The highest BCUT2D eigenvalue weighted by Crippen LogP contribution is 2.32. The minimum absolute atomic E-state index is 0.252. The number of carbonyl (C=O) groups is 1. The Hall–Kier alpha value is -3.09. The zero-order valence-corrected chi connectivity index (χ0v) is 19.1. The molecule has 0 spiro atoms. The molecule has 7 heteroatoms. The monoisotopic (exact) mass is 439 g/mol. The van der Waals surface area contributed by atoms with Crippen LogP contribution in [0.5, 0.6) is 5.75 Å². The second-order valence-corrected chi connectivity index (χ2v) is 9.38. The van der Waals surface area contributed by atoms with E-state index in [1.54, 1.807) is 11.0 Å². The van der Waals surface area contributed by atoms with Gasteiger partial charge in [0.05, 0.1) is 11.7 Å². The second kappa shape index (κ2) is 8.81. The molecule has 0 N–H and O–H groups in total. The molecule has 2 aromatic carbocycles. The number of hydrogen-bond donors (Lipinski definition) is 0. The van der Waals surface area contributed by atoms with E-state index < -0.39 is 5.60 Å². The van der Waals surface area contributed by atoms with E-state index in [1.807, 2.05) is 63.0 Å². The summed E-state index contributed by atoms with van der Waals surface area (Å²) >= 11 is 0. The molecule has 3 aromatic rings. The zero-order chi connectivity index (χ0) is 22.9. The number of amides is 1. The SMILES string of the molecule is Cn1ncc2ccc(COc3cc(C4CCN(C(=O)OC(C)(C)C)CC4)ccc3F)cc21. The summed E-state index contributed by atoms with van der Waals surface area (Å²) in [4.78, 5) is 14.0. The van der Waals surface area contributed by atoms with Crippen molar-refractivity contribution in [1.82, 2.24) is 14.7 Å². The average Bonchev–Trinajstić information content (AvgIpc) is 3.12. The molecule has 6 nitrogen and oxygen atoms in total. The van der Waals surface area contributed by atoms with Crippen molar-refractivity contribution in [2.45, 2.75) is 51.7 Å². The van der Waals surface area contributed by atoms with Crippen LogP contribution in [0.1, 0.15) is 50.7 Å². The Morgan fingerprint density at radius 3 is 2.62 bits per heavy atom. The van der Waals surface area contributed by atoms with Crippen LogP contribution < -0.4 is 4.74 Å². The van der Waals surface area contributed by atoms with Crippen molar-refractivity contribution in [3.05, 3.63) is 59.5 Å². The number of benzene rings is 2. The van der Waals surface area contributed by atoms with E-state index in [2.05, 4.69) is 5.10 Å². The molecule has 0 saturated carbocycles. The van der Waals surface area contributed by atoms with Crippen molar-refractivity contribution in [3.8, 4) is 5.75 Å². The summed E-state index contributed by atoms with van der Waals surface area (Å²) < 4.78 is 27.5. The zero-order valence-electron chi connectivity index (χ0n) is 19.1. The van der Waals surface area contributed by atoms with Crippen LogP contribution in [0.4, 0.5) is 9.18 Å². The van der Waals surface area contributed by atoms with Gasteiger partial charge in [0, 0.05) is 25.5 Å². The van der Waals surface area contributed by atoms with Gasteiger partial charge in [0.2, 0.25) is 0 Å². The van der Waals surface area contributed by atoms with E-state index in [0.29, 0.717) is 13.1 Å². The van der Waals surface area contributed by atoms with Gasteiger partial charge in [0.15, 0.2) is 11.6 Å². The Balaban J connectivity index is 1.39. The molecule has 32 heavy (non-hydrogen) atoms. The van der Waals surface area contributed by atoms with Crippen LogP contribution >= 0.6 is 0 Å². The number of likely N-dealkylation sites (tertiary alicyclic amines) is 1. The topological polar surface area (TPSA) is 56.6 Å². The summed E-state index contributed by atoms with van der Waals surface area (Å²) in [7, 11) is 1.89. The predicted molar refractivity (Wildman–Crippen MR) is 121 cm³/mol. The van der Waals surface area contributed by atoms with Crippen LogP contribution in [0.2, 0.25) is 0 Å². The fourth-order valence-corrected chi connectivity index (χ4v) is 4.05. The van der Waals surface area contributed by atoms with Crippen molar-refractivity contribution in [3.63, 3.8) is 0 Å². The maximum atomic E-state index is 14.4. The maximum Gasteiger partial charge on any atom is 0.410 e. The number of fused-ring (bicyclic) bond motifs is 1. The van der Waals surface area contributed by atoms with E-state index in [-0.39, 0.29) is 30.2 Å². The summed E-state index contributed by atoms with van der Waals surface area (Å²) in [5, 5.41) is 5.31. The Bertz CT molecular complexity index is 1110. The Morgan fingerprint density at radius 2 is 1.91 bits per heavy atom. The van der Waals surface area contributed by atoms with Gasteiger partial charge in [0.25, 0.3) is 0 Å². The molecular weight excluding hydrogens is 409 g/mol. The molecule has 2 heterocycles. The molecule has 1 amide bonds. The van der Waals surface area contributed by atoms with Crippen molar-refractivity contribution in [1.29, 1.82) is 0 Å². The predicted octanol–water partition coefficient (Wildman–Crippen LogP) is 5.41. The fraction of sp³-hybridized carbons (Fsp3) is 0.440. The number of piperidine rings is 1. The van der Waals surface area contributed by atoms with E-state index in [0.717, 1.165) is 34.9 Å². The molecule has 1 saturated heterocycles. The third-order valence-electron chi connectivity index (χ3n) is 5.78. The van der Waals surface area contributed by atoms with E-state index >= 15 is 0 Å². The normalized spacial score (nSPS) is 15.2. The molecule has 0 bridgehead atoms. The molecule has 0 unspecified atom stereocenters. The lowest BCUT2D eigenvalue weighted by atomic mass is 9.89. The van der Waals surface area contributed by atoms with E-state index in [9.17, 15) is 9.18 Å². The number of aryl methyl sites for hydroxylation is 1. The molecule has 0 radical (unpaired) electrons. The van der Waals surface area contributed by atoms with Gasteiger partial charge >= 0.3 is 6.09 Å². The van der Waals surface area contributed by atoms with Gasteiger partial charge in [-0.1, -0.05) is 18.2 Å². The molecule has 170 valence electrons. The Morgan fingerprint density at radius 1 is 1.16 bits per heavy atom. The van der Waals surface area contributed by atoms with Gasteiger partial charge in [-0.3, -0.25) is 4.68 Å². The minimum Gasteiger partial charge on any atom is -0.486 e. The minimum atomic E-state index is -0.502. The summed E-state index contributed by atoms with van der Waals surface area (Å²) in [5.74, 6) is 0.131. The average molecular weight is 440 g/mol. The lowest BCUT2D eigenvalue weighted by Gasteiger charge is -2.33. The second-order valence-electron chi connectivity index (χ2n) is 9.38. The summed E-state index contributed by atoms with van der Waals surface area (Å²) in [6, 6.07) is 11.1. The van der Waals surface area contributed by atoms with Crippen molar-refractivity contribution in [2.24, 2.45) is 7.05 Å². The smallest absolute Gasteiger partial charge is 0.410 e. The largest absolute Gasteiger partial charge is 0.486 e. The maximum absolute atomic E-state index is 14.4.